The molecule has 1 aromatic carbocycles. The van der Waals surface area contributed by atoms with Gasteiger partial charge in [-0.05, 0) is 36.8 Å². The van der Waals surface area contributed by atoms with Crippen LogP contribution < -0.4 is 10.6 Å². The molecule has 0 spiro atoms. The van der Waals surface area contributed by atoms with Crippen molar-refractivity contribution in [3.8, 4) is 0 Å². The summed E-state index contributed by atoms with van der Waals surface area (Å²) in [7, 11) is 0. The van der Waals surface area contributed by atoms with E-state index in [2.05, 4.69) is 10.6 Å². The van der Waals surface area contributed by atoms with Crippen LogP contribution in [-0.2, 0) is 4.79 Å². The lowest BCUT2D eigenvalue weighted by Crippen LogP contribution is -2.10. The Morgan fingerprint density at radius 1 is 1.11 bits per heavy atom. The molecule has 0 aliphatic carbocycles. The van der Waals surface area contributed by atoms with Gasteiger partial charge >= 0.3 is 0 Å². The van der Waals surface area contributed by atoms with Gasteiger partial charge in [0.2, 0.25) is 5.91 Å². The Labute approximate surface area is 115 Å². The summed E-state index contributed by atoms with van der Waals surface area (Å²) in [5, 5.41) is 6.15. The monoisotopic (exact) mass is 274 g/mol. The number of anilines is 2. The number of aryl methyl sites for hydroxylation is 1. The zero-order chi connectivity index (χ0) is 13.8. The second-order valence-corrected chi connectivity index (χ2v) is 5.25. The van der Waals surface area contributed by atoms with Gasteiger partial charge in [0, 0.05) is 12.6 Å². The average Bonchev–Trinajstić information content (AvgIpc) is 2.76. The van der Waals surface area contributed by atoms with E-state index < -0.39 is 0 Å². The first-order chi connectivity index (χ1) is 9.04. The molecule has 2 amide bonds. The lowest BCUT2D eigenvalue weighted by atomic mass is 10.2. The summed E-state index contributed by atoms with van der Waals surface area (Å²) in [6, 6.07) is 11.0. The molecule has 5 heteroatoms. The summed E-state index contributed by atoms with van der Waals surface area (Å²) in [5.74, 6) is -0.320. The summed E-state index contributed by atoms with van der Waals surface area (Å²) < 4.78 is 0. The fourth-order valence-corrected chi connectivity index (χ4v) is 2.46. The quantitative estimate of drug-likeness (QED) is 0.902. The Hall–Kier alpha value is -2.14. The highest BCUT2D eigenvalue weighted by Gasteiger charge is 2.10. The predicted molar refractivity (Wildman–Crippen MR) is 77.8 cm³/mol. The van der Waals surface area contributed by atoms with Crippen LogP contribution in [0.5, 0.6) is 0 Å². The molecular weight excluding hydrogens is 260 g/mol. The van der Waals surface area contributed by atoms with Crippen molar-refractivity contribution in [1.29, 1.82) is 0 Å². The highest BCUT2D eigenvalue weighted by atomic mass is 32.1. The molecule has 0 radical (unpaired) electrons. The van der Waals surface area contributed by atoms with Crippen LogP contribution in [0.3, 0.4) is 0 Å². The van der Waals surface area contributed by atoms with Gasteiger partial charge < -0.3 is 10.6 Å². The highest BCUT2D eigenvalue weighted by Crippen LogP contribution is 2.23. The van der Waals surface area contributed by atoms with Gasteiger partial charge in [-0.1, -0.05) is 12.1 Å². The largest absolute Gasteiger partial charge is 0.321 e. The highest BCUT2D eigenvalue weighted by molar-refractivity contribution is 7.18. The first-order valence-corrected chi connectivity index (χ1v) is 6.62. The minimum Gasteiger partial charge on any atom is -0.321 e. The molecule has 0 atom stereocenters. The van der Waals surface area contributed by atoms with E-state index in [0.717, 1.165) is 11.3 Å². The van der Waals surface area contributed by atoms with Crippen molar-refractivity contribution in [3.63, 3.8) is 0 Å². The Kier molecular flexibility index (Phi) is 3.97. The molecular formula is C14H14N2O2S. The van der Waals surface area contributed by atoms with Gasteiger partial charge in [-0.3, -0.25) is 9.59 Å². The van der Waals surface area contributed by atoms with Crippen LogP contribution in [0.1, 0.15) is 22.2 Å². The first-order valence-electron chi connectivity index (χ1n) is 5.80. The molecule has 1 aromatic heterocycles. The van der Waals surface area contributed by atoms with E-state index in [9.17, 15) is 9.59 Å². The number of thiophene rings is 1. The van der Waals surface area contributed by atoms with Crippen molar-refractivity contribution < 1.29 is 9.59 Å². The summed E-state index contributed by atoms with van der Waals surface area (Å²) in [5.41, 5.74) is 1.85. The van der Waals surface area contributed by atoms with E-state index in [1.165, 1.54) is 18.3 Å². The molecule has 19 heavy (non-hydrogen) atoms. The molecule has 2 N–H and O–H groups in total. The van der Waals surface area contributed by atoms with Crippen LogP contribution >= 0.6 is 11.3 Å². The molecule has 0 saturated carbocycles. The van der Waals surface area contributed by atoms with Gasteiger partial charge in [0.1, 0.15) is 0 Å². The van der Waals surface area contributed by atoms with Gasteiger partial charge in [-0.15, -0.1) is 11.3 Å². The van der Waals surface area contributed by atoms with Crippen LogP contribution in [0.25, 0.3) is 0 Å². The number of carbonyl (C=O) groups excluding carboxylic acids is 2. The van der Waals surface area contributed by atoms with Gasteiger partial charge in [0.25, 0.3) is 5.91 Å². The number of amides is 2. The topological polar surface area (TPSA) is 58.2 Å². The third-order valence-electron chi connectivity index (χ3n) is 2.40. The van der Waals surface area contributed by atoms with Crippen LogP contribution in [0.15, 0.2) is 36.4 Å². The number of hydrogen-bond donors (Lipinski definition) is 2. The Bertz CT molecular complexity index is 619. The second-order valence-electron chi connectivity index (χ2n) is 4.17. The number of benzene rings is 1. The van der Waals surface area contributed by atoms with Crippen molar-refractivity contribution in [2.24, 2.45) is 0 Å². The van der Waals surface area contributed by atoms with E-state index in [1.54, 1.807) is 12.1 Å². The molecule has 2 aromatic rings. The van der Waals surface area contributed by atoms with Gasteiger partial charge in [0.05, 0.1) is 9.88 Å². The lowest BCUT2D eigenvalue weighted by molar-refractivity contribution is -0.114. The van der Waals surface area contributed by atoms with E-state index >= 15 is 0 Å². The first kappa shape index (κ1) is 13.3. The van der Waals surface area contributed by atoms with Crippen LogP contribution in [0, 0.1) is 6.92 Å². The van der Waals surface area contributed by atoms with Crippen LogP contribution in [0.2, 0.25) is 0 Å². The summed E-state index contributed by atoms with van der Waals surface area (Å²) >= 11 is 1.25. The Morgan fingerprint density at radius 2 is 1.89 bits per heavy atom. The van der Waals surface area contributed by atoms with Gasteiger partial charge in [-0.25, -0.2) is 0 Å². The molecule has 0 bridgehead atoms. The summed E-state index contributed by atoms with van der Waals surface area (Å²) in [6.07, 6.45) is 0. The maximum atomic E-state index is 12.0. The van der Waals surface area contributed by atoms with E-state index in [-0.39, 0.29) is 11.8 Å². The zero-order valence-electron chi connectivity index (χ0n) is 10.7. The van der Waals surface area contributed by atoms with E-state index in [1.807, 2.05) is 31.2 Å². The number of hydrogen-bond acceptors (Lipinski definition) is 3. The van der Waals surface area contributed by atoms with Gasteiger partial charge in [0.15, 0.2) is 0 Å². The third kappa shape index (κ3) is 3.66. The molecule has 2 rings (SSSR count). The Morgan fingerprint density at radius 3 is 2.58 bits per heavy atom. The molecule has 0 saturated heterocycles. The standard InChI is InChI=1S/C14H14N2O2S/c1-9-4-3-5-11(8-9)16-14(18)12-6-7-13(19-12)15-10(2)17/h3-8H,1-2H3,(H,15,17)(H,16,18). The fraction of sp³-hybridized carbons (Fsp3) is 0.143. The van der Waals surface area contributed by atoms with E-state index in [4.69, 9.17) is 0 Å². The van der Waals surface area contributed by atoms with Crippen LogP contribution in [-0.4, -0.2) is 11.8 Å². The summed E-state index contributed by atoms with van der Waals surface area (Å²) in [4.78, 5) is 23.5. The zero-order valence-corrected chi connectivity index (χ0v) is 11.5. The minimum atomic E-state index is -0.174. The number of rotatable bonds is 3. The maximum absolute atomic E-state index is 12.0. The van der Waals surface area contributed by atoms with Crippen molar-refractivity contribution in [2.75, 3.05) is 10.6 Å². The van der Waals surface area contributed by atoms with Crippen molar-refractivity contribution in [1.82, 2.24) is 0 Å². The van der Waals surface area contributed by atoms with Gasteiger partial charge in [-0.2, -0.15) is 0 Å². The SMILES string of the molecule is CC(=O)Nc1ccc(C(=O)Nc2cccc(C)c2)s1. The fourth-order valence-electron chi connectivity index (χ4n) is 1.62. The molecule has 0 fully saturated rings. The molecule has 98 valence electrons. The molecule has 0 unspecified atom stereocenters. The Balaban J connectivity index is 2.07. The molecule has 1 heterocycles. The normalized spacial score (nSPS) is 10.0. The van der Waals surface area contributed by atoms with Crippen molar-refractivity contribution in [2.45, 2.75) is 13.8 Å². The molecule has 4 nitrogen and oxygen atoms in total. The van der Waals surface area contributed by atoms with E-state index in [0.29, 0.717) is 9.88 Å². The number of nitrogens with one attached hydrogen (secondary N) is 2. The maximum Gasteiger partial charge on any atom is 0.265 e. The third-order valence-corrected chi connectivity index (χ3v) is 3.40. The van der Waals surface area contributed by atoms with Crippen molar-refractivity contribution in [3.05, 3.63) is 46.8 Å². The van der Waals surface area contributed by atoms with Crippen LogP contribution in [0.4, 0.5) is 10.7 Å². The molecule has 0 aliphatic rings. The predicted octanol–water partition coefficient (Wildman–Crippen LogP) is 3.27. The minimum absolute atomic E-state index is 0.146. The second kappa shape index (κ2) is 5.67. The lowest BCUT2D eigenvalue weighted by Gasteiger charge is -2.04. The number of carbonyl (C=O) groups is 2. The van der Waals surface area contributed by atoms with Crippen molar-refractivity contribution >= 4 is 33.8 Å². The molecule has 0 aliphatic heterocycles. The average molecular weight is 274 g/mol. The summed E-state index contributed by atoms with van der Waals surface area (Å²) in [6.45, 7) is 3.40. The smallest absolute Gasteiger partial charge is 0.265 e.